The summed E-state index contributed by atoms with van der Waals surface area (Å²) in [6, 6.07) is 5.33. The molecule has 0 saturated carbocycles. The van der Waals surface area contributed by atoms with Gasteiger partial charge in [0.05, 0.1) is 38.0 Å². The minimum atomic E-state index is -3.40. The van der Waals surface area contributed by atoms with E-state index in [2.05, 4.69) is 32.9 Å². The summed E-state index contributed by atoms with van der Waals surface area (Å²) in [6.07, 6.45) is 6.96. The Bertz CT molecular complexity index is 1210. The first-order valence-electron chi connectivity index (χ1n) is 14.9. The fourth-order valence-corrected chi connectivity index (χ4v) is 9.61. The molecule has 3 aliphatic rings. The van der Waals surface area contributed by atoms with Gasteiger partial charge in [-0.1, -0.05) is 30.2 Å². The Morgan fingerprint density at radius 3 is 2.63 bits per heavy atom. The molecule has 0 aromatic heterocycles. The summed E-state index contributed by atoms with van der Waals surface area (Å²) in [5.74, 6) is -0.251. The summed E-state index contributed by atoms with van der Waals surface area (Å²) in [5.41, 5.74) is 1.92. The van der Waals surface area contributed by atoms with Gasteiger partial charge in [-0.05, 0) is 77.7 Å². The zero-order chi connectivity index (χ0) is 30.1. The van der Waals surface area contributed by atoms with Crippen molar-refractivity contribution in [2.75, 3.05) is 31.7 Å². The molecule has 2 amide bonds. The van der Waals surface area contributed by atoms with Crippen LogP contribution in [-0.2, 0) is 19.9 Å². The SMILES string of the molecule is COc1ccc2c(c1)[C@@]1(O[C@H](CC(=O)N3CCC[C@H]3CO)[C@@H]([Si](C)(C)F)[C@@H]1C)C(=O)N2C/C=C(\C)CCC=C(C)C. The Labute approximate surface area is 245 Å². The molecule has 41 heavy (non-hydrogen) atoms. The van der Waals surface area contributed by atoms with Crippen LogP contribution in [0.25, 0.3) is 0 Å². The van der Waals surface area contributed by atoms with Gasteiger partial charge in [0.25, 0.3) is 5.91 Å². The lowest BCUT2D eigenvalue weighted by Gasteiger charge is -2.31. The summed E-state index contributed by atoms with van der Waals surface area (Å²) in [6.45, 7) is 12.3. The number of allylic oxidation sites excluding steroid dienone is 3. The van der Waals surface area contributed by atoms with Crippen LogP contribution < -0.4 is 9.64 Å². The topological polar surface area (TPSA) is 79.3 Å². The second-order valence-electron chi connectivity index (χ2n) is 12.7. The van der Waals surface area contributed by atoms with Crippen LogP contribution in [0.15, 0.2) is 41.5 Å². The van der Waals surface area contributed by atoms with E-state index in [0.717, 1.165) is 31.4 Å². The number of amides is 2. The Balaban J connectivity index is 1.70. The van der Waals surface area contributed by atoms with E-state index in [-0.39, 0.29) is 30.9 Å². The van der Waals surface area contributed by atoms with Gasteiger partial charge in [0.1, 0.15) is 5.75 Å². The van der Waals surface area contributed by atoms with Gasteiger partial charge in [-0.15, -0.1) is 0 Å². The van der Waals surface area contributed by atoms with E-state index in [1.165, 1.54) is 11.1 Å². The highest BCUT2D eigenvalue weighted by Crippen LogP contribution is 2.60. The zero-order valence-corrected chi connectivity index (χ0v) is 26.7. The molecule has 7 nitrogen and oxygen atoms in total. The highest BCUT2D eigenvalue weighted by atomic mass is 28.4. The maximum atomic E-state index is 16.1. The van der Waals surface area contributed by atoms with Crippen LogP contribution in [0.3, 0.4) is 0 Å². The normalized spacial score (nSPS) is 28.0. The van der Waals surface area contributed by atoms with Gasteiger partial charge in [0.15, 0.2) is 5.60 Å². The molecule has 1 spiro atoms. The van der Waals surface area contributed by atoms with Gasteiger partial charge in [-0.2, -0.15) is 0 Å². The maximum Gasteiger partial charge on any atom is 0.264 e. The number of carbonyl (C=O) groups excluding carboxylic acids is 2. The van der Waals surface area contributed by atoms with Gasteiger partial charge < -0.3 is 28.5 Å². The fourth-order valence-electron chi connectivity index (χ4n) is 7.12. The van der Waals surface area contributed by atoms with Gasteiger partial charge in [-0.3, -0.25) is 9.59 Å². The van der Waals surface area contributed by atoms with E-state index in [4.69, 9.17) is 9.47 Å². The monoisotopic (exact) mass is 586 g/mol. The number of anilines is 1. The van der Waals surface area contributed by atoms with E-state index in [1.807, 2.05) is 25.1 Å². The van der Waals surface area contributed by atoms with Crippen LogP contribution in [0.2, 0.25) is 18.6 Å². The molecule has 4 rings (SSSR count). The molecule has 3 aliphatic heterocycles. The van der Waals surface area contributed by atoms with Crippen molar-refractivity contribution in [1.29, 1.82) is 0 Å². The first-order valence-corrected chi connectivity index (χ1v) is 17.9. The average Bonchev–Trinajstić information content (AvgIpc) is 3.56. The zero-order valence-electron chi connectivity index (χ0n) is 25.7. The lowest BCUT2D eigenvalue weighted by atomic mass is 9.82. The third kappa shape index (κ3) is 6.04. The molecule has 0 bridgehead atoms. The number of aliphatic hydroxyl groups excluding tert-OH is 1. The Hall–Kier alpha value is -2.49. The Morgan fingerprint density at radius 1 is 1.27 bits per heavy atom. The Kier molecular flexibility index (Phi) is 9.51. The molecular weight excluding hydrogens is 539 g/mol. The van der Waals surface area contributed by atoms with Crippen molar-refractivity contribution in [2.45, 2.75) is 96.2 Å². The molecule has 1 aromatic rings. The predicted molar refractivity (Wildman–Crippen MR) is 162 cm³/mol. The number of hydrogen-bond acceptors (Lipinski definition) is 5. The van der Waals surface area contributed by atoms with Crippen molar-refractivity contribution in [3.05, 3.63) is 47.1 Å². The van der Waals surface area contributed by atoms with E-state index in [0.29, 0.717) is 24.4 Å². The van der Waals surface area contributed by atoms with Crippen LogP contribution in [-0.4, -0.2) is 69.2 Å². The third-order valence-electron chi connectivity index (χ3n) is 9.17. The minimum Gasteiger partial charge on any atom is -0.497 e. The number of methoxy groups -OCH3 is 1. The highest BCUT2D eigenvalue weighted by Gasteiger charge is 2.67. The number of nitrogens with zero attached hydrogens (tertiary/aromatic N) is 2. The standard InChI is InChI=1S/C32H47FN2O5Si/c1-21(2)10-8-11-22(3)15-17-35-27-14-13-25(39-5)18-26(27)32(31(35)38)23(4)30(41(6,7)33)28(40-32)19-29(37)34-16-9-12-24(34)20-36/h10,13-15,18,23-24,28,30,36H,8-9,11-12,16-17,19-20H2,1-7H3/b22-15+/t23-,24-,28+,30-,32+/m0/s1. The van der Waals surface area contributed by atoms with Crippen LogP contribution in [0.1, 0.15) is 65.4 Å². The molecule has 0 radical (unpaired) electrons. The molecule has 1 aromatic carbocycles. The number of fused-ring (bicyclic) bond motifs is 2. The van der Waals surface area contributed by atoms with Crippen molar-refractivity contribution in [1.82, 2.24) is 4.90 Å². The molecule has 2 fully saturated rings. The smallest absolute Gasteiger partial charge is 0.264 e. The molecule has 0 aliphatic carbocycles. The van der Waals surface area contributed by atoms with Crippen molar-refractivity contribution in [3.8, 4) is 5.75 Å². The van der Waals surface area contributed by atoms with Crippen molar-refractivity contribution < 1.29 is 28.3 Å². The van der Waals surface area contributed by atoms with Crippen molar-refractivity contribution in [3.63, 3.8) is 0 Å². The van der Waals surface area contributed by atoms with Crippen LogP contribution >= 0.6 is 0 Å². The molecule has 5 atom stereocenters. The van der Waals surface area contributed by atoms with Crippen molar-refractivity contribution >= 4 is 25.9 Å². The number of likely N-dealkylation sites (tertiary alicyclic amines) is 1. The molecule has 2 saturated heterocycles. The van der Waals surface area contributed by atoms with E-state index < -0.39 is 31.6 Å². The average molecular weight is 587 g/mol. The number of ether oxygens (including phenoxy) is 2. The van der Waals surface area contributed by atoms with Gasteiger partial charge in [0.2, 0.25) is 14.3 Å². The van der Waals surface area contributed by atoms with Gasteiger partial charge >= 0.3 is 0 Å². The van der Waals surface area contributed by atoms with Gasteiger partial charge in [-0.25, -0.2) is 0 Å². The minimum absolute atomic E-state index is 0.0104. The largest absolute Gasteiger partial charge is 0.497 e. The Morgan fingerprint density at radius 2 is 2.00 bits per heavy atom. The van der Waals surface area contributed by atoms with E-state index in [1.54, 1.807) is 30.0 Å². The molecular formula is C32H47FN2O5Si. The van der Waals surface area contributed by atoms with Crippen LogP contribution in [0.5, 0.6) is 5.75 Å². The lowest BCUT2D eigenvalue weighted by molar-refractivity contribution is -0.150. The molecule has 3 heterocycles. The number of aliphatic hydroxyl groups is 1. The third-order valence-corrected chi connectivity index (χ3v) is 11.6. The maximum absolute atomic E-state index is 16.1. The summed E-state index contributed by atoms with van der Waals surface area (Å²) < 4.78 is 28.4. The second-order valence-corrected chi connectivity index (χ2v) is 16.5. The first-order chi connectivity index (χ1) is 19.3. The quantitative estimate of drug-likeness (QED) is 0.210. The fraction of sp³-hybridized carbons (Fsp3) is 0.625. The van der Waals surface area contributed by atoms with E-state index >= 15 is 4.11 Å². The first kappa shape index (κ1) is 31.4. The summed E-state index contributed by atoms with van der Waals surface area (Å²) in [7, 11) is -1.82. The van der Waals surface area contributed by atoms with Gasteiger partial charge in [0, 0.05) is 30.1 Å². The summed E-state index contributed by atoms with van der Waals surface area (Å²) >= 11 is 0. The second kappa shape index (κ2) is 12.4. The van der Waals surface area contributed by atoms with E-state index in [9.17, 15) is 14.7 Å². The number of benzene rings is 1. The molecule has 226 valence electrons. The molecule has 9 heteroatoms. The van der Waals surface area contributed by atoms with Crippen LogP contribution in [0, 0.1) is 5.92 Å². The van der Waals surface area contributed by atoms with Crippen LogP contribution in [0.4, 0.5) is 9.80 Å². The summed E-state index contributed by atoms with van der Waals surface area (Å²) in [5, 5.41) is 9.77. The number of halogens is 1. The molecule has 0 unspecified atom stereocenters. The number of carbonyl (C=O) groups is 2. The molecule has 1 N–H and O–H groups in total. The predicted octanol–water partition coefficient (Wildman–Crippen LogP) is 5.88. The highest BCUT2D eigenvalue weighted by molar-refractivity contribution is 6.72. The number of rotatable bonds is 10. The van der Waals surface area contributed by atoms with Crippen molar-refractivity contribution in [2.24, 2.45) is 5.92 Å². The lowest BCUT2D eigenvalue weighted by Crippen LogP contribution is -2.45. The number of hydrogen-bond donors (Lipinski definition) is 1. The summed E-state index contributed by atoms with van der Waals surface area (Å²) in [4.78, 5) is 31.4.